The topological polar surface area (TPSA) is 84.8 Å². The molecule has 7 nitrogen and oxygen atoms in total. The van der Waals surface area contributed by atoms with Crippen molar-refractivity contribution in [1.29, 1.82) is 0 Å². The average molecular weight is 356 g/mol. The number of fused-ring (bicyclic) bond motifs is 2. The van der Waals surface area contributed by atoms with E-state index in [9.17, 15) is 4.79 Å². The molecule has 0 unspecified atom stereocenters. The quantitative estimate of drug-likeness (QED) is 0.860. The van der Waals surface area contributed by atoms with Crippen LogP contribution in [0.2, 0.25) is 0 Å². The first-order chi connectivity index (χ1) is 12.7. The normalized spacial score (nSPS) is 23.5. The number of amides is 2. The summed E-state index contributed by atoms with van der Waals surface area (Å²) in [5.74, 6) is 0.890. The number of hydrogen-bond donors (Lipinski definition) is 1. The fourth-order valence-electron chi connectivity index (χ4n) is 3.63. The molecule has 1 aromatic carbocycles. The number of benzene rings is 1. The van der Waals surface area contributed by atoms with E-state index in [4.69, 9.17) is 15.1 Å². The third kappa shape index (κ3) is 3.08. The van der Waals surface area contributed by atoms with Crippen molar-refractivity contribution in [3.8, 4) is 0 Å². The lowest BCUT2D eigenvalue weighted by atomic mass is 9.97. The van der Waals surface area contributed by atoms with Crippen LogP contribution < -0.4 is 5.73 Å². The molecule has 3 heterocycles. The molecule has 2 aliphatic heterocycles. The first-order valence-electron chi connectivity index (χ1n) is 9.10. The Morgan fingerprint density at radius 2 is 2.15 bits per heavy atom. The first-order valence-corrected chi connectivity index (χ1v) is 9.10. The van der Waals surface area contributed by atoms with Crippen LogP contribution in [0.15, 0.2) is 40.9 Å². The number of carbonyl (C=O) groups is 1. The van der Waals surface area contributed by atoms with Gasteiger partial charge in [0.05, 0.1) is 12.1 Å². The number of rotatable bonds is 6. The van der Waals surface area contributed by atoms with Crippen molar-refractivity contribution in [3.05, 3.63) is 53.4 Å². The van der Waals surface area contributed by atoms with E-state index in [0.717, 1.165) is 29.9 Å². The predicted octanol–water partition coefficient (Wildman–Crippen LogP) is 2.81. The Hall–Kier alpha value is -2.38. The summed E-state index contributed by atoms with van der Waals surface area (Å²) in [7, 11) is 0. The minimum absolute atomic E-state index is 0.0634. The van der Waals surface area contributed by atoms with Gasteiger partial charge in [-0.1, -0.05) is 42.4 Å². The van der Waals surface area contributed by atoms with E-state index < -0.39 is 0 Å². The van der Waals surface area contributed by atoms with E-state index >= 15 is 0 Å². The predicted molar refractivity (Wildman–Crippen MR) is 94.9 cm³/mol. The Morgan fingerprint density at radius 3 is 2.92 bits per heavy atom. The molecular formula is C19H24N4O3. The van der Waals surface area contributed by atoms with Crippen LogP contribution in [0, 0.1) is 0 Å². The fraction of sp³-hybridized carbons (Fsp3) is 0.474. The number of aromatic nitrogens is 1. The zero-order valence-electron chi connectivity index (χ0n) is 14.9. The van der Waals surface area contributed by atoms with Crippen LogP contribution >= 0.6 is 0 Å². The van der Waals surface area contributed by atoms with Crippen molar-refractivity contribution in [1.82, 2.24) is 15.1 Å². The minimum atomic E-state index is -0.0927. The molecule has 7 heteroatoms. The summed E-state index contributed by atoms with van der Waals surface area (Å²) in [6, 6.07) is 11.7. The maximum atomic E-state index is 12.8. The molecule has 26 heavy (non-hydrogen) atoms. The summed E-state index contributed by atoms with van der Waals surface area (Å²) < 4.78 is 5.43. The Morgan fingerprint density at radius 1 is 1.35 bits per heavy atom. The average Bonchev–Trinajstić information content (AvgIpc) is 3.26. The fourth-order valence-corrected chi connectivity index (χ4v) is 3.63. The van der Waals surface area contributed by atoms with Gasteiger partial charge in [0.2, 0.25) is 0 Å². The van der Waals surface area contributed by atoms with Crippen LogP contribution in [-0.2, 0) is 11.4 Å². The van der Waals surface area contributed by atoms with Gasteiger partial charge in [-0.3, -0.25) is 4.84 Å². The molecule has 2 amide bonds. The molecule has 2 aromatic rings. The smallest absolute Gasteiger partial charge is 0.344 e. The second-order valence-electron chi connectivity index (χ2n) is 7.06. The molecule has 0 radical (unpaired) electrons. The molecule has 2 N–H and O–H groups in total. The van der Waals surface area contributed by atoms with Crippen molar-refractivity contribution in [2.45, 2.75) is 44.4 Å². The maximum absolute atomic E-state index is 12.8. The summed E-state index contributed by atoms with van der Waals surface area (Å²) >= 11 is 0. The third-order valence-corrected chi connectivity index (χ3v) is 5.26. The van der Waals surface area contributed by atoms with Gasteiger partial charge in [0.25, 0.3) is 0 Å². The van der Waals surface area contributed by atoms with E-state index in [1.807, 2.05) is 48.2 Å². The number of piperidine rings is 1. The van der Waals surface area contributed by atoms with E-state index in [1.165, 1.54) is 5.06 Å². The molecule has 0 saturated carbocycles. The molecule has 138 valence electrons. The number of hydrogen-bond acceptors (Lipinski definition) is 5. The molecule has 2 saturated heterocycles. The number of urea groups is 1. The Bertz CT molecular complexity index is 763. The Balaban J connectivity index is 1.45. The first kappa shape index (κ1) is 17.1. The zero-order valence-corrected chi connectivity index (χ0v) is 14.9. The molecule has 2 aliphatic rings. The molecule has 2 bridgehead atoms. The third-order valence-electron chi connectivity index (χ3n) is 5.26. The van der Waals surface area contributed by atoms with Gasteiger partial charge in [-0.2, -0.15) is 5.06 Å². The molecular weight excluding hydrogens is 332 g/mol. The lowest BCUT2D eigenvalue weighted by Gasteiger charge is -2.28. The highest BCUT2D eigenvalue weighted by Crippen LogP contribution is 2.38. The number of hydroxylamine groups is 2. The van der Waals surface area contributed by atoms with E-state index in [-0.39, 0.29) is 24.0 Å². The number of nitrogens with zero attached hydrogens (tertiary/aromatic N) is 3. The standard InChI is InChI=1S/C19H24N4O3/c1-13(10-20)18-9-16(21-26-18)17-8-7-15-11-22(17)19(24)23(15)25-12-14-5-3-2-4-6-14/h2-6,9,13,15,17H,7-8,10-12,20H2,1H3/t13-,15-,17+/m1/s1. The zero-order chi connectivity index (χ0) is 18.1. The highest BCUT2D eigenvalue weighted by Gasteiger charge is 2.46. The van der Waals surface area contributed by atoms with E-state index in [0.29, 0.717) is 19.7 Å². The summed E-state index contributed by atoms with van der Waals surface area (Å²) in [4.78, 5) is 20.5. The molecule has 4 rings (SSSR count). The van der Waals surface area contributed by atoms with Crippen molar-refractivity contribution in [2.75, 3.05) is 13.1 Å². The van der Waals surface area contributed by atoms with Gasteiger partial charge >= 0.3 is 6.03 Å². The summed E-state index contributed by atoms with van der Waals surface area (Å²) in [6.45, 7) is 3.56. The van der Waals surface area contributed by atoms with Crippen molar-refractivity contribution < 1.29 is 14.2 Å². The van der Waals surface area contributed by atoms with E-state index in [1.54, 1.807) is 0 Å². The largest absolute Gasteiger partial charge is 0.361 e. The number of nitrogens with two attached hydrogens (primary N) is 1. The van der Waals surface area contributed by atoms with E-state index in [2.05, 4.69) is 5.16 Å². The molecule has 1 aromatic heterocycles. The van der Waals surface area contributed by atoms with Gasteiger partial charge in [-0.25, -0.2) is 4.79 Å². The van der Waals surface area contributed by atoms with Crippen LogP contribution in [0.25, 0.3) is 0 Å². The van der Waals surface area contributed by atoms with Gasteiger partial charge in [-0.05, 0) is 18.4 Å². The molecule has 0 spiro atoms. The Labute approximate surface area is 152 Å². The van der Waals surface area contributed by atoms with Crippen molar-refractivity contribution >= 4 is 6.03 Å². The summed E-state index contributed by atoms with van der Waals surface area (Å²) in [6.07, 6.45) is 1.74. The van der Waals surface area contributed by atoms with Crippen LogP contribution in [0.3, 0.4) is 0 Å². The molecule has 0 aliphatic carbocycles. The SMILES string of the molecule is C[C@H](CN)c1cc([C@@H]2CC[C@@H]3CN2C(=O)N3OCc2ccccc2)no1. The molecule has 3 atom stereocenters. The van der Waals surface area contributed by atoms with Crippen molar-refractivity contribution in [3.63, 3.8) is 0 Å². The van der Waals surface area contributed by atoms with Gasteiger partial charge in [0.1, 0.15) is 18.1 Å². The highest BCUT2D eigenvalue weighted by molar-refractivity contribution is 5.77. The molecule has 2 fully saturated rings. The highest BCUT2D eigenvalue weighted by atomic mass is 16.7. The maximum Gasteiger partial charge on any atom is 0.344 e. The monoisotopic (exact) mass is 356 g/mol. The summed E-state index contributed by atoms with van der Waals surface area (Å²) in [5.41, 5.74) is 7.55. The Kier molecular flexibility index (Phi) is 4.65. The summed E-state index contributed by atoms with van der Waals surface area (Å²) in [5, 5.41) is 5.73. The van der Waals surface area contributed by atoms with Gasteiger partial charge in [0.15, 0.2) is 0 Å². The lowest BCUT2D eigenvalue weighted by molar-refractivity contribution is -0.140. The van der Waals surface area contributed by atoms with Crippen LogP contribution in [0.4, 0.5) is 4.79 Å². The van der Waals surface area contributed by atoms with Crippen LogP contribution in [-0.4, -0.2) is 40.3 Å². The van der Waals surface area contributed by atoms with Crippen LogP contribution in [0.1, 0.15) is 48.7 Å². The lowest BCUT2D eigenvalue weighted by Crippen LogP contribution is -2.34. The number of carbonyl (C=O) groups excluding carboxylic acids is 1. The minimum Gasteiger partial charge on any atom is -0.361 e. The second-order valence-corrected chi connectivity index (χ2v) is 7.06. The van der Waals surface area contributed by atoms with Gasteiger partial charge in [-0.15, -0.1) is 0 Å². The second kappa shape index (κ2) is 7.09. The van der Waals surface area contributed by atoms with Crippen molar-refractivity contribution in [2.24, 2.45) is 5.73 Å². The van der Waals surface area contributed by atoms with Crippen LogP contribution in [0.5, 0.6) is 0 Å². The van der Waals surface area contributed by atoms with Gasteiger partial charge < -0.3 is 15.2 Å². The van der Waals surface area contributed by atoms with Gasteiger partial charge in [0, 0.05) is 25.1 Å².